The summed E-state index contributed by atoms with van der Waals surface area (Å²) < 4.78 is 0. The van der Waals surface area contributed by atoms with Crippen LogP contribution in [0.25, 0.3) is 0 Å². The maximum absolute atomic E-state index is 9.87. The Morgan fingerprint density at radius 3 is 2.87 bits per heavy atom. The minimum Gasteiger partial charge on any atom is -0.388 e. The first kappa shape index (κ1) is 12.7. The van der Waals surface area contributed by atoms with Crippen LogP contribution in [0, 0.1) is 0 Å². The molecular formula is C12H21NOS. The van der Waals surface area contributed by atoms with Crippen LogP contribution < -0.4 is 0 Å². The molecule has 0 aliphatic carbocycles. The summed E-state index contributed by atoms with van der Waals surface area (Å²) in [6.07, 6.45) is 3.03. The quantitative estimate of drug-likeness (QED) is 0.774. The highest BCUT2D eigenvalue weighted by molar-refractivity contribution is 7.10. The maximum Gasteiger partial charge on any atom is 0.0894 e. The lowest BCUT2D eigenvalue weighted by Gasteiger charge is -2.17. The van der Waals surface area contributed by atoms with Gasteiger partial charge in [-0.25, -0.2) is 0 Å². The fourth-order valence-electron chi connectivity index (χ4n) is 1.51. The van der Waals surface area contributed by atoms with Crippen molar-refractivity contribution in [3.63, 3.8) is 0 Å². The summed E-state index contributed by atoms with van der Waals surface area (Å²) in [7, 11) is 2.12. The van der Waals surface area contributed by atoms with Gasteiger partial charge in [-0.1, -0.05) is 19.4 Å². The predicted octanol–water partition coefficient (Wildman–Crippen LogP) is 2.90. The molecule has 1 atom stereocenters. The standard InChI is InChI=1S/C12H21NOS/c1-3-4-8-13(2)9-7-11(14)12-6-5-10-15-12/h5-6,10-11,14H,3-4,7-9H2,1-2H3. The highest BCUT2D eigenvalue weighted by Crippen LogP contribution is 2.21. The van der Waals surface area contributed by atoms with Crippen LogP contribution in [0.1, 0.15) is 37.2 Å². The van der Waals surface area contributed by atoms with Gasteiger partial charge in [0.2, 0.25) is 0 Å². The number of hydrogen-bond donors (Lipinski definition) is 1. The molecule has 1 aromatic rings. The molecule has 1 unspecified atom stereocenters. The van der Waals surface area contributed by atoms with Crippen LogP contribution in [0.3, 0.4) is 0 Å². The molecule has 0 radical (unpaired) electrons. The van der Waals surface area contributed by atoms with Crippen molar-refractivity contribution in [1.29, 1.82) is 0 Å². The SMILES string of the molecule is CCCCN(C)CCC(O)c1cccs1. The fraction of sp³-hybridized carbons (Fsp3) is 0.667. The minimum atomic E-state index is -0.283. The van der Waals surface area contributed by atoms with Crippen LogP contribution in [0.4, 0.5) is 0 Å². The maximum atomic E-state index is 9.87. The van der Waals surface area contributed by atoms with Gasteiger partial charge in [-0.3, -0.25) is 0 Å². The number of aliphatic hydroxyl groups is 1. The zero-order valence-corrected chi connectivity index (χ0v) is 10.5. The van der Waals surface area contributed by atoms with Gasteiger partial charge in [-0.05, 0) is 37.9 Å². The molecule has 1 rings (SSSR count). The van der Waals surface area contributed by atoms with Gasteiger partial charge in [-0.2, -0.15) is 0 Å². The highest BCUT2D eigenvalue weighted by atomic mass is 32.1. The van der Waals surface area contributed by atoms with Gasteiger partial charge in [0.1, 0.15) is 0 Å². The minimum absolute atomic E-state index is 0.283. The molecule has 0 bridgehead atoms. The third kappa shape index (κ3) is 4.78. The van der Waals surface area contributed by atoms with Gasteiger partial charge in [0.05, 0.1) is 6.10 Å². The van der Waals surface area contributed by atoms with Crippen molar-refractivity contribution in [3.05, 3.63) is 22.4 Å². The van der Waals surface area contributed by atoms with Crippen LogP contribution in [0.5, 0.6) is 0 Å². The molecular weight excluding hydrogens is 206 g/mol. The number of hydrogen-bond acceptors (Lipinski definition) is 3. The van der Waals surface area contributed by atoms with Crippen molar-refractivity contribution in [3.8, 4) is 0 Å². The van der Waals surface area contributed by atoms with Gasteiger partial charge in [0, 0.05) is 11.4 Å². The zero-order valence-electron chi connectivity index (χ0n) is 9.65. The van der Waals surface area contributed by atoms with Crippen molar-refractivity contribution < 1.29 is 5.11 Å². The van der Waals surface area contributed by atoms with Gasteiger partial charge in [-0.15, -0.1) is 11.3 Å². The normalized spacial score (nSPS) is 13.3. The Morgan fingerprint density at radius 2 is 2.27 bits per heavy atom. The second kappa shape index (κ2) is 6.99. The molecule has 0 saturated heterocycles. The Labute approximate surface area is 96.5 Å². The average molecular weight is 227 g/mol. The van der Waals surface area contributed by atoms with E-state index in [1.807, 2.05) is 17.5 Å². The van der Waals surface area contributed by atoms with Crippen molar-refractivity contribution in [2.75, 3.05) is 20.1 Å². The monoisotopic (exact) mass is 227 g/mol. The predicted molar refractivity (Wildman–Crippen MR) is 66.3 cm³/mol. The Morgan fingerprint density at radius 1 is 1.47 bits per heavy atom. The first-order valence-corrected chi connectivity index (χ1v) is 6.52. The number of nitrogens with zero attached hydrogens (tertiary/aromatic N) is 1. The van der Waals surface area contributed by atoms with E-state index in [2.05, 4.69) is 18.9 Å². The second-order valence-electron chi connectivity index (χ2n) is 3.98. The van der Waals surface area contributed by atoms with E-state index in [1.165, 1.54) is 12.8 Å². The molecule has 0 amide bonds. The summed E-state index contributed by atoms with van der Waals surface area (Å²) in [5.41, 5.74) is 0. The topological polar surface area (TPSA) is 23.5 Å². The largest absolute Gasteiger partial charge is 0.388 e. The van der Waals surface area contributed by atoms with Crippen LogP contribution in [0.15, 0.2) is 17.5 Å². The molecule has 1 aromatic heterocycles. The van der Waals surface area contributed by atoms with E-state index in [0.29, 0.717) is 0 Å². The van der Waals surface area contributed by atoms with E-state index in [9.17, 15) is 5.11 Å². The van der Waals surface area contributed by atoms with Crippen LogP contribution in [0.2, 0.25) is 0 Å². The molecule has 15 heavy (non-hydrogen) atoms. The van der Waals surface area contributed by atoms with Crippen LogP contribution >= 0.6 is 11.3 Å². The zero-order chi connectivity index (χ0) is 11.1. The van der Waals surface area contributed by atoms with E-state index >= 15 is 0 Å². The van der Waals surface area contributed by atoms with Crippen molar-refractivity contribution in [1.82, 2.24) is 4.90 Å². The first-order valence-electron chi connectivity index (χ1n) is 5.64. The average Bonchev–Trinajstić information content (AvgIpc) is 2.76. The molecule has 0 aliphatic rings. The molecule has 0 aliphatic heterocycles. The summed E-state index contributed by atoms with van der Waals surface area (Å²) in [6.45, 7) is 4.31. The Bertz CT molecular complexity index is 248. The molecule has 0 fully saturated rings. The third-order valence-corrected chi connectivity index (χ3v) is 3.52. The van der Waals surface area contributed by atoms with Crippen LogP contribution in [-0.2, 0) is 0 Å². The molecule has 1 heterocycles. The lowest BCUT2D eigenvalue weighted by atomic mass is 10.2. The van der Waals surface area contributed by atoms with E-state index < -0.39 is 0 Å². The smallest absolute Gasteiger partial charge is 0.0894 e. The molecule has 3 heteroatoms. The Balaban J connectivity index is 2.19. The van der Waals surface area contributed by atoms with E-state index in [0.717, 1.165) is 24.4 Å². The molecule has 0 saturated carbocycles. The number of thiophene rings is 1. The summed E-state index contributed by atoms with van der Waals surface area (Å²) in [4.78, 5) is 3.37. The summed E-state index contributed by atoms with van der Waals surface area (Å²) >= 11 is 1.63. The summed E-state index contributed by atoms with van der Waals surface area (Å²) in [5, 5.41) is 11.9. The molecule has 0 aromatic carbocycles. The molecule has 86 valence electrons. The lowest BCUT2D eigenvalue weighted by Crippen LogP contribution is -2.22. The van der Waals surface area contributed by atoms with Gasteiger partial charge in [0.25, 0.3) is 0 Å². The number of aliphatic hydroxyl groups excluding tert-OH is 1. The van der Waals surface area contributed by atoms with Gasteiger partial charge >= 0.3 is 0 Å². The lowest BCUT2D eigenvalue weighted by molar-refractivity contribution is 0.152. The van der Waals surface area contributed by atoms with Crippen molar-refractivity contribution in [2.24, 2.45) is 0 Å². The van der Waals surface area contributed by atoms with Gasteiger partial charge < -0.3 is 10.0 Å². The third-order valence-electron chi connectivity index (χ3n) is 2.55. The second-order valence-corrected chi connectivity index (χ2v) is 4.96. The van der Waals surface area contributed by atoms with Crippen LogP contribution in [-0.4, -0.2) is 30.1 Å². The first-order chi connectivity index (χ1) is 7.24. The van der Waals surface area contributed by atoms with Crippen molar-refractivity contribution in [2.45, 2.75) is 32.3 Å². The Hall–Kier alpha value is -0.380. The molecule has 1 N–H and O–H groups in total. The van der Waals surface area contributed by atoms with Gasteiger partial charge in [0.15, 0.2) is 0 Å². The Kier molecular flexibility index (Phi) is 5.91. The van der Waals surface area contributed by atoms with E-state index in [-0.39, 0.29) is 6.10 Å². The summed E-state index contributed by atoms with van der Waals surface area (Å²) in [6, 6.07) is 3.99. The molecule has 0 spiro atoms. The van der Waals surface area contributed by atoms with Crippen molar-refractivity contribution >= 4 is 11.3 Å². The highest BCUT2D eigenvalue weighted by Gasteiger charge is 2.09. The van der Waals surface area contributed by atoms with E-state index in [1.54, 1.807) is 11.3 Å². The number of unbranched alkanes of at least 4 members (excludes halogenated alkanes) is 1. The fourth-order valence-corrected chi connectivity index (χ4v) is 2.25. The number of rotatable bonds is 7. The molecule has 2 nitrogen and oxygen atoms in total. The summed E-state index contributed by atoms with van der Waals surface area (Å²) in [5.74, 6) is 0. The van der Waals surface area contributed by atoms with E-state index in [4.69, 9.17) is 0 Å².